The maximum absolute atomic E-state index is 12.2. The third-order valence-corrected chi connectivity index (χ3v) is 3.18. The minimum absolute atomic E-state index is 0.0840. The molecular weight excluding hydrogens is 282 g/mol. The van der Waals surface area contributed by atoms with Gasteiger partial charge in [0.05, 0.1) is 13.7 Å². The van der Waals surface area contributed by atoms with Crippen molar-refractivity contribution in [3.63, 3.8) is 0 Å². The van der Waals surface area contributed by atoms with E-state index >= 15 is 0 Å². The molecule has 0 atom stereocenters. The summed E-state index contributed by atoms with van der Waals surface area (Å²) < 4.78 is 9.91. The molecule has 2 aromatic rings. The quantitative estimate of drug-likeness (QED) is 0.669. The van der Waals surface area contributed by atoms with E-state index in [-0.39, 0.29) is 23.3 Å². The van der Waals surface area contributed by atoms with Crippen LogP contribution in [0.3, 0.4) is 0 Å². The Bertz CT molecular complexity index is 714. The molecule has 0 aromatic carbocycles. The maximum Gasteiger partial charge on any atom is 0.343 e. The van der Waals surface area contributed by atoms with Crippen LogP contribution < -0.4 is 10.2 Å². The fraction of sp³-hybridized carbons (Fsp3) is 0.333. The molecule has 0 saturated heterocycles. The second-order valence-corrected chi connectivity index (χ2v) is 4.49. The van der Waals surface area contributed by atoms with E-state index in [0.717, 1.165) is 0 Å². The van der Waals surface area contributed by atoms with Gasteiger partial charge in [-0.3, -0.25) is 4.79 Å². The number of pyridine rings is 1. The van der Waals surface area contributed by atoms with Crippen LogP contribution in [-0.4, -0.2) is 40.9 Å². The molecule has 0 aliphatic rings. The van der Waals surface area contributed by atoms with Crippen molar-refractivity contribution in [2.75, 3.05) is 20.0 Å². The lowest BCUT2D eigenvalue weighted by Gasteiger charge is -2.06. The van der Waals surface area contributed by atoms with Crippen molar-refractivity contribution in [2.45, 2.75) is 11.9 Å². The predicted molar refractivity (Wildman–Crippen MR) is 74.4 cm³/mol. The number of hydrogen-bond acceptors (Lipinski definition) is 7. The first-order valence-electron chi connectivity index (χ1n) is 5.80. The highest BCUT2D eigenvalue weighted by atomic mass is 32.2. The van der Waals surface area contributed by atoms with Crippen LogP contribution in [0.15, 0.2) is 16.0 Å². The molecule has 0 bridgehead atoms. The molecule has 2 aromatic heterocycles. The number of methoxy groups -OCH3 is 1. The molecule has 0 saturated carbocycles. The van der Waals surface area contributed by atoms with Gasteiger partial charge in [-0.25, -0.2) is 9.78 Å². The van der Waals surface area contributed by atoms with Gasteiger partial charge in [-0.15, -0.1) is 11.8 Å². The number of aromatic nitrogens is 3. The Labute approximate surface area is 118 Å². The standard InChI is InChI=1S/C12H13N3O4S/c1-4-19-12(17)6-5-13-9-7(8(6)16)14-11(20-3)10(15-9)18-2/h5H,4H2,1-3H3,(H,13,15,16). The molecule has 0 amide bonds. The zero-order valence-electron chi connectivity index (χ0n) is 11.2. The van der Waals surface area contributed by atoms with Crippen LogP contribution in [0.5, 0.6) is 5.88 Å². The van der Waals surface area contributed by atoms with Gasteiger partial charge in [0.2, 0.25) is 11.3 Å². The Morgan fingerprint density at radius 2 is 2.20 bits per heavy atom. The monoisotopic (exact) mass is 295 g/mol. The number of carbonyl (C=O) groups is 1. The van der Waals surface area contributed by atoms with E-state index in [1.807, 2.05) is 0 Å². The van der Waals surface area contributed by atoms with E-state index in [0.29, 0.717) is 10.9 Å². The number of hydrogen-bond donors (Lipinski definition) is 1. The number of H-pyrrole nitrogens is 1. The third kappa shape index (κ3) is 2.46. The van der Waals surface area contributed by atoms with Crippen LogP contribution in [0.2, 0.25) is 0 Å². The molecule has 0 spiro atoms. The summed E-state index contributed by atoms with van der Waals surface area (Å²) in [6.45, 7) is 1.87. The lowest BCUT2D eigenvalue weighted by Crippen LogP contribution is -2.19. The first-order chi connectivity index (χ1) is 9.62. The van der Waals surface area contributed by atoms with Gasteiger partial charge in [0.25, 0.3) is 0 Å². The summed E-state index contributed by atoms with van der Waals surface area (Å²) in [4.78, 5) is 35.0. The average molecular weight is 295 g/mol. The van der Waals surface area contributed by atoms with Crippen molar-refractivity contribution in [1.82, 2.24) is 15.0 Å². The number of rotatable bonds is 4. The zero-order chi connectivity index (χ0) is 14.7. The van der Waals surface area contributed by atoms with Gasteiger partial charge in [-0.2, -0.15) is 4.98 Å². The molecule has 0 aliphatic heterocycles. The van der Waals surface area contributed by atoms with Gasteiger partial charge in [0.1, 0.15) is 5.56 Å². The summed E-state index contributed by atoms with van der Waals surface area (Å²) >= 11 is 1.30. The topological polar surface area (TPSA) is 94.2 Å². The number of esters is 1. The van der Waals surface area contributed by atoms with Crippen LogP contribution in [0.1, 0.15) is 17.3 Å². The number of ether oxygens (including phenoxy) is 2. The van der Waals surface area contributed by atoms with Crippen LogP contribution in [0, 0.1) is 0 Å². The van der Waals surface area contributed by atoms with Gasteiger partial charge >= 0.3 is 5.97 Å². The highest BCUT2D eigenvalue weighted by molar-refractivity contribution is 7.98. The first-order valence-corrected chi connectivity index (χ1v) is 7.03. The van der Waals surface area contributed by atoms with Gasteiger partial charge in [-0.1, -0.05) is 0 Å². The Morgan fingerprint density at radius 1 is 1.45 bits per heavy atom. The smallest absolute Gasteiger partial charge is 0.343 e. The van der Waals surface area contributed by atoms with E-state index in [1.54, 1.807) is 13.2 Å². The molecule has 20 heavy (non-hydrogen) atoms. The molecule has 8 heteroatoms. The summed E-state index contributed by atoms with van der Waals surface area (Å²) in [5.41, 5.74) is -0.257. The highest BCUT2D eigenvalue weighted by Gasteiger charge is 2.17. The second-order valence-electron chi connectivity index (χ2n) is 3.69. The Balaban J connectivity index is 2.66. The normalized spacial score (nSPS) is 10.6. The van der Waals surface area contributed by atoms with Crippen molar-refractivity contribution >= 4 is 28.9 Å². The SMILES string of the molecule is CCOC(=O)c1c[nH]c2nc(OC)c(SC)nc2c1=O. The number of nitrogens with zero attached hydrogens (tertiary/aromatic N) is 2. The molecule has 7 nitrogen and oxygen atoms in total. The largest absolute Gasteiger partial charge is 0.479 e. The van der Waals surface area contributed by atoms with Crippen molar-refractivity contribution in [2.24, 2.45) is 0 Å². The van der Waals surface area contributed by atoms with Crippen molar-refractivity contribution < 1.29 is 14.3 Å². The van der Waals surface area contributed by atoms with Crippen LogP contribution in [0.25, 0.3) is 11.2 Å². The number of aromatic amines is 1. The summed E-state index contributed by atoms with van der Waals surface area (Å²) in [5, 5.41) is 0.478. The fourth-order valence-electron chi connectivity index (χ4n) is 1.62. The molecule has 0 unspecified atom stereocenters. The van der Waals surface area contributed by atoms with E-state index < -0.39 is 11.4 Å². The molecule has 1 N–H and O–H groups in total. The summed E-state index contributed by atoms with van der Waals surface area (Å²) in [5.74, 6) is -0.358. The molecule has 106 valence electrons. The predicted octanol–water partition coefficient (Wildman–Crippen LogP) is 1.23. The number of fused-ring (bicyclic) bond motifs is 1. The number of thioether (sulfide) groups is 1. The highest BCUT2D eigenvalue weighted by Crippen LogP contribution is 2.24. The Hall–Kier alpha value is -2.09. The molecule has 0 fully saturated rings. The molecule has 2 heterocycles. The van der Waals surface area contributed by atoms with Crippen LogP contribution in [0.4, 0.5) is 0 Å². The first kappa shape index (κ1) is 14.3. The van der Waals surface area contributed by atoms with E-state index in [2.05, 4.69) is 15.0 Å². The van der Waals surface area contributed by atoms with Gasteiger partial charge in [0, 0.05) is 6.20 Å². The van der Waals surface area contributed by atoms with E-state index in [9.17, 15) is 9.59 Å². The lowest BCUT2D eigenvalue weighted by molar-refractivity contribution is 0.0524. The third-order valence-electron chi connectivity index (χ3n) is 2.53. The molecular formula is C12H13N3O4S. The maximum atomic E-state index is 12.2. The minimum Gasteiger partial charge on any atom is -0.479 e. The minimum atomic E-state index is -0.682. The van der Waals surface area contributed by atoms with Crippen molar-refractivity contribution in [1.29, 1.82) is 0 Å². The van der Waals surface area contributed by atoms with Crippen LogP contribution in [-0.2, 0) is 4.74 Å². The summed E-state index contributed by atoms with van der Waals surface area (Å²) in [7, 11) is 1.47. The van der Waals surface area contributed by atoms with Gasteiger partial charge < -0.3 is 14.5 Å². The van der Waals surface area contributed by atoms with Crippen molar-refractivity contribution in [3.05, 3.63) is 22.0 Å². The molecule has 2 rings (SSSR count). The number of carbonyl (C=O) groups excluding carboxylic acids is 1. The lowest BCUT2D eigenvalue weighted by atomic mass is 10.2. The van der Waals surface area contributed by atoms with Crippen molar-refractivity contribution in [3.8, 4) is 5.88 Å². The van der Waals surface area contributed by atoms with E-state index in [1.165, 1.54) is 25.1 Å². The Kier molecular flexibility index (Phi) is 4.23. The van der Waals surface area contributed by atoms with Crippen LogP contribution >= 0.6 is 11.8 Å². The fourth-order valence-corrected chi connectivity index (χ4v) is 2.11. The van der Waals surface area contributed by atoms with E-state index in [4.69, 9.17) is 9.47 Å². The summed E-state index contributed by atoms with van der Waals surface area (Å²) in [6.07, 6.45) is 3.07. The second kappa shape index (κ2) is 5.91. The zero-order valence-corrected chi connectivity index (χ0v) is 12.0. The van der Waals surface area contributed by atoms with Gasteiger partial charge in [0.15, 0.2) is 16.2 Å². The summed E-state index contributed by atoms with van der Waals surface area (Å²) in [6, 6.07) is 0. The number of nitrogens with one attached hydrogen (secondary N) is 1. The average Bonchev–Trinajstić information content (AvgIpc) is 2.46. The molecule has 0 radical (unpaired) electrons. The van der Waals surface area contributed by atoms with Gasteiger partial charge in [-0.05, 0) is 13.2 Å². The molecule has 0 aliphatic carbocycles. The Morgan fingerprint density at radius 3 is 2.80 bits per heavy atom.